The van der Waals surface area contributed by atoms with Crippen LogP contribution in [0.4, 0.5) is 5.69 Å². The summed E-state index contributed by atoms with van der Waals surface area (Å²) in [6.07, 6.45) is 8.02. The SMILES string of the molecule is C[C@@H](C(=O)NC12CC3CC(CC(C3)C1)C2)[NH+]1CCN(c2ccccc2)CC1. The molecule has 27 heavy (non-hydrogen) atoms. The van der Waals surface area contributed by atoms with Gasteiger partial charge in [-0.15, -0.1) is 0 Å². The van der Waals surface area contributed by atoms with Crippen molar-refractivity contribution in [1.29, 1.82) is 0 Å². The molecule has 0 radical (unpaired) electrons. The Morgan fingerprint density at radius 3 is 2.15 bits per heavy atom. The molecule has 4 saturated carbocycles. The van der Waals surface area contributed by atoms with E-state index in [1.807, 2.05) is 0 Å². The average Bonchev–Trinajstić information content (AvgIpc) is 2.67. The van der Waals surface area contributed by atoms with Crippen molar-refractivity contribution < 1.29 is 9.69 Å². The molecule has 1 atom stereocenters. The number of amides is 1. The zero-order valence-electron chi connectivity index (χ0n) is 16.6. The number of carbonyl (C=O) groups excluding carboxylic acids is 1. The maximum atomic E-state index is 13.1. The molecule has 1 aromatic carbocycles. The van der Waals surface area contributed by atoms with Gasteiger partial charge in [0.2, 0.25) is 0 Å². The Hall–Kier alpha value is -1.55. The Balaban J connectivity index is 1.18. The number of hydrogen-bond acceptors (Lipinski definition) is 2. The van der Waals surface area contributed by atoms with Crippen molar-refractivity contribution in [2.24, 2.45) is 17.8 Å². The third-order valence-electron chi connectivity index (χ3n) is 7.96. The van der Waals surface area contributed by atoms with Crippen LogP contribution in [0.15, 0.2) is 30.3 Å². The van der Waals surface area contributed by atoms with Gasteiger partial charge in [-0.2, -0.15) is 0 Å². The van der Waals surface area contributed by atoms with Gasteiger partial charge in [0.05, 0.1) is 26.2 Å². The first-order chi connectivity index (χ1) is 13.1. The van der Waals surface area contributed by atoms with Crippen LogP contribution in [-0.2, 0) is 4.79 Å². The van der Waals surface area contributed by atoms with E-state index in [4.69, 9.17) is 0 Å². The van der Waals surface area contributed by atoms with E-state index in [1.165, 1.54) is 49.1 Å². The molecule has 1 aromatic rings. The molecule has 1 heterocycles. The van der Waals surface area contributed by atoms with E-state index < -0.39 is 0 Å². The molecule has 5 aliphatic rings. The lowest BCUT2D eigenvalue weighted by atomic mass is 9.53. The summed E-state index contributed by atoms with van der Waals surface area (Å²) in [5, 5.41) is 3.59. The number of benzene rings is 1. The van der Waals surface area contributed by atoms with Crippen LogP contribution in [-0.4, -0.2) is 43.7 Å². The first-order valence-electron chi connectivity index (χ1n) is 11.1. The van der Waals surface area contributed by atoms with Crippen molar-refractivity contribution in [2.75, 3.05) is 31.1 Å². The van der Waals surface area contributed by atoms with Gasteiger partial charge >= 0.3 is 0 Å². The maximum Gasteiger partial charge on any atom is 0.278 e. The van der Waals surface area contributed by atoms with Gasteiger partial charge in [-0.25, -0.2) is 0 Å². The third-order valence-corrected chi connectivity index (χ3v) is 7.96. The van der Waals surface area contributed by atoms with Crippen molar-refractivity contribution in [3.63, 3.8) is 0 Å². The van der Waals surface area contributed by atoms with Crippen molar-refractivity contribution in [1.82, 2.24) is 5.32 Å². The van der Waals surface area contributed by atoms with Crippen LogP contribution < -0.4 is 15.1 Å². The largest absolute Gasteiger partial charge is 0.360 e. The van der Waals surface area contributed by atoms with Gasteiger partial charge in [0.1, 0.15) is 0 Å². The Bertz CT molecular complexity index is 645. The highest BCUT2D eigenvalue weighted by Crippen LogP contribution is 2.55. The highest BCUT2D eigenvalue weighted by molar-refractivity contribution is 5.80. The molecule has 4 nitrogen and oxygen atoms in total. The quantitative estimate of drug-likeness (QED) is 0.851. The fourth-order valence-corrected chi connectivity index (χ4v) is 6.94. The van der Waals surface area contributed by atoms with Crippen molar-refractivity contribution in [3.05, 3.63) is 30.3 Å². The highest BCUT2D eigenvalue weighted by atomic mass is 16.2. The number of rotatable bonds is 4. The summed E-state index contributed by atoms with van der Waals surface area (Å²) in [5.74, 6) is 2.95. The topological polar surface area (TPSA) is 36.8 Å². The summed E-state index contributed by atoms with van der Waals surface area (Å²) in [6, 6.07) is 10.7. The van der Waals surface area contributed by atoms with E-state index in [0.29, 0.717) is 5.91 Å². The molecule has 1 aliphatic heterocycles. The zero-order valence-corrected chi connectivity index (χ0v) is 16.6. The molecule has 5 fully saturated rings. The lowest BCUT2D eigenvalue weighted by Gasteiger charge is -2.57. The highest BCUT2D eigenvalue weighted by Gasteiger charge is 2.52. The second-order valence-corrected chi connectivity index (χ2v) is 9.89. The second kappa shape index (κ2) is 6.80. The number of anilines is 1. The molecule has 0 aromatic heterocycles. The van der Waals surface area contributed by atoms with Crippen LogP contribution in [0.2, 0.25) is 0 Å². The molecule has 4 heteroatoms. The number of carbonyl (C=O) groups is 1. The Morgan fingerprint density at radius 2 is 1.59 bits per heavy atom. The maximum absolute atomic E-state index is 13.1. The second-order valence-electron chi connectivity index (χ2n) is 9.89. The van der Waals surface area contributed by atoms with Crippen molar-refractivity contribution >= 4 is 11.6 Å². The fraction of sp³-hybridized carbons (Fsp3) is 0.696. The number of piperazine rings is 1. The number of nitrogens with zero attached hydrogens (tertiary/aromatic N) is 1. The molecule has 0 spiro atoms. The van der Waals surface area contributed by atoms with Crippen LogP contribution in [0, 0.1) is 17.8 Å². The fourth-order valence-electron chi connectivity index (χ4n) is 6.94. The van der Waals surface area contributed by atoms with Crippen molar-refractivity contribution in [2.45, 2.75) is 57.0 Å². The van der Waals surface area contributed by atoms with E-state index >= 15 is 0 Å². The molecular formula is C23H34N3O+. The number of quaternary nitrogens is 1. The Morgan fingerprint density at radius 1 is 1.04 bits per heavy atom. The first kappa shape index (κ1) is 17.5. The monoisotopic (exact) mass is 368 g/mol. The molecule has 4 bridgehead atoms. The van der Waals surface area contributed by atoms with Crippen LogP contribution in [0.1, 0.15) is 45.4 Å². The smallest absolute Gasteiger partial charge is 0.278 e. The standard InChI is InChI=1S/C23H33N3O/c1-17(25-7-9-26(10-8-25)21-5-3-2-4-6-21)22(27)24-23-14-18-11-19(15-23)13-20(12-18)16-23/h2-6,17-20H,7-16H2,1H3,(H,24,27)/p+1/t17-,18?,19?,20?,23?/m0/s1. The molecule has 1 saturated heterocycles. The van der Waals surface area contributed by atoms with Gasteiger partial charge in [-0.1, -0.05) is 18.2 Å². The van der Waals surface area contributed by atoms with Gasteiger partial charge in [0.15, 0.2) is 6.04 Å². The molecule has 6 rings (SSSR count). The summed E-state index contributed by atoms with van der Waals surface area (Å²) >= 11 is 0. The molecule has 4 aliphatic carbocycles. The van der Waals surface area contributed by atoms with Crippen LogP contribution in [0.25, 0.3) is 0 Å². The summed E-state index contributed by atoms with van der Waals surface area (Å²) in [7, 11) is 0. The normalized spacial score (nSPS) is 36.6. The minimum absolute atomic E-state index is 0.0657. The van der Waals surface area contributed by atoms with Crippen LogP contribution in [0.5, 0.6) is 0 Å². The Kier molecular flexibility index (Phi) is 4.42. The average molecular weight is 369 g/mol. The van der Waals surface area contributed by atoms with Gasteiger partial charge in [0, 0.05) is 11.2 Å². The zero-order chi connectivity index (χ0) is 18.4. The van der Waals surface area contributed by atoms with Crippen LogP contribution in [0.3, 0.4) is 0 Å². The number of nitrogens with one attached hydrogen (secondary N) is 2. The van der Waals surface area contributed by atoms with E-state index in [-0.39, 0.29) is 11.6 Å². The van der Waals surface area contributed by atoms with Gasteiger partial charge < -0.3 is 15.1 Å². The number of para-hydroxylation sites is 1. The predicted octanol–water partition coefficient (Wildman–Crippen LogP) is 1.87. The Labute approximate surface area is 163 Å². The third kappa shape index (κ3) is 3.37. The summed E-state index contributed by atoms with van der Waals surface area (Å²) in [6.45, 7) is 6.31. The van der Waals surface area contributed by atoms with E-state index in [9.17, 15) is 4.79 Å². The summed E-state index contributed by atoms with van der Waals surface area (Å²) in [5.41, 5.74) is 1.45. The molecule has 2 N–H and O–H groups in total. The molecule has 146 valence electrons. The van der Waals surface area contributed by atoms with Crippen molar-refractivity contribution in [3.8, 4) is 0 Å². The van der Waals surface area contributed by atoms with Gasteiger partial charge in [-0.05, 0) is 75.3 Å². The predicted molar refractivity (Wildman–Crippen MR) is 108 cm³/mol. The first-order valence-corrected chi connectivity index (χ1v) is 11.1. The summed E-state index contributed by atoms with van der Waals surface area (Å²) in [4.78, 5) is 17.0. The summed E-state index contributed by atoms with van der Waals surface area (Å²) < 4.78 is 0. The lowest BCUT2D eigenvalue weighted by molar-refractivity contribution is -0.914. The molecule has 1 amide bonds. The minimum Gasteiger partial charge on any atom is -0.360 e. The minimum atomic E-state index is 0.0657. The van der Waals surface area contributed by atoms with E-state index in [2.05, 4.69) is 47.5 Å². The molecule has 0 unspecified atom stereocenters. The molecular weight excluding hydrogens is 334 g/mol. The van der Waals surface area contributed by atoms with Crippen LogP contribution >= 0.6 is 0 Å². The van der Waals surface area contributed by atoms with E-state index in [0.717, 1.165) is 43.9 Å². The van der Waals surface area contributed by atoms with E-state index in [1.54, 1.807) is 0 Å². The number of hydrogen-bond donors (Lipinski definition) is 2. The lowest BCUT2D eigenvalue weighted by Crippen LogP contribution is -3.19. The van der Waals surface area contributed by atoms with Gasteiger partial charge in [-0.3, -0.25) is 4.79 Å². The van der Waals surface area contributed by atoms with Gasteiger partial charge in [0.25, 0.3) is 5.91 Å².